The zero-order valence-corrected chi connectivity index (χ0v) is 21.8. The first-order chi connectivity index (χ1) is 17.1. The van der Waals surface area contributed by atoms with Gasteiger partial charge in [-0.05, 0) is 113 Å². The molecule has 4 heteroatoms. The van der Waals surface area contributed by atoms with E-state index in [-0.39, 0.29) is 23.4 Å². The number of hydrogen-bond acceptors (Lipinski definition) is 4. The van der Waals surface area contributed by atoms with Crippen LogP contribution in [0.3, 0.4) is 0 Å². The average Bonchev–Trinajstić information content (AvgIpc) is 3.21. The molecule has 2 heterocycles. The van der Waals surface area contributed by atoms with Crippen LogP contribution in [0.1, 0.15) is 103 Å². The minimum atomic E-state index is 0.00442. The lowest BCUT2D eigenvalue weighted by molar-refractivity contribution is -0.216. The van der Waals surface area contributed by atoms with Gasteiger partial charge in [0.15, 0.2) is 12.6 Å². The van der Waals surface area contributed by atoms with E-state index in [4.69, 9.17) is 25.4 Å². The van der Waals surface area contributed by atoms with Crippen LogP contribution in [0.15, 0.2) is 11.6 Å². The lowest BCUT2D eigenvalue weighted by Gasteiger charge is -2.59. The Morgan fingerprint density at radius 1 is 0.914 bits per heavy atom. The lowest BCUT2D eigenvalue weighted by Crippen LogP contribution is -2.53. The van der Waals surface area contributed by atoms with Crippen LogP contribution in [-0.4, -0.2) is 38.0 Å². The smallest absolute Gasteiger partial charge is 0.157 e. The summed E-state index contributed by atoms with van der Waals surface area (Å²) in [5.41, 5.74) is 2.09. The number of rotatable bonds is 5. The Hall–Kier alpha value is -0.860. The van der Waals surface area contributed by atoms with Crippen molar-refractivity contribution in [3.8, 4) is 12.3 Å². The van der Waals surface area contributed by atoms with Gasteiger partial charge >= 0.3 is 0 Å². The van der Waals surface area contributed by atoms with Crippen LogP contribution in [0.2, 0.25) is 0 Å². The molecule has 0 radical (unpaired) electrons. The molecule has 2 aliphatic heterocycles. The lowest BCUT2D eigenvalue weighted by atomic mass is 9.46. The molecule has 2 saturated heterocycles. The van der Waals surface area contributed by atoms with Crippen molar-refractivity contribution in [2.45, 2.75) is 128 Å². The Bertz CT molecular complexity index is 818. The van der Waals surface area contributed by atoms with Crippen molar-refractivity contribution in [3.05, 3.63) is 11.6 Å². The van der Waals surface area contributed by atoms with E-state index in [0.717, 1.165) is 57.2 Å². The first-order valence-corrected chi connectivity index (χ1v) is 14.8. The molecule has 0 bridgehead atoms. The van der Waals surface area contributed by atoms with E-state index in [2.05, 4.69) is 18.9 Å². The number of fused-ring (bicyclic) bond motifs is 5. The van der Waals surface area contributed by atoms with Crippen LogP contribution in [0, 0.1) is 40.9 Å². The predicted octanol–water partition coefficient (Wildman–Crippen LogP) is 6.78. The van der Waals surface area contributed by atoms with E-state index in [1.807, 2.05) is 0 Å². The van der Waals surface area contributed by atoms with E-state index < -0.39 is 0 Å². The third-order valence-electron chi connectivity index (χ3n) is 11.0. The van der Waals surface area contributed by atoms with Gasteiger partial charge in [-0.15, -0.1) is 12.3 Å². The number of ether oxygens (including phenoxy) is 4. The Morgan fingerprint density at radius 2 is 1.69 bits per heavy atom. The van der Waals surface area contributed by atoms with Crippen molar-refractivity contribution in [1.82, 2.24) is 0 Å². The highest BCUT2D eigenvalue weighted by Crippen LogP contribution is 2.66. The second kappa shape index (κ2) is 10.1. The quantitative estimate of drug-likeness (QED) is 0.320. The maximum Gasteiger partial charge on any atom is 0.157 e. The molecule has 5 fully saturated rings. The van der Waals surface area contributed by atoms with E-state index in [0.29, 0.717) is 18.1 Å². The number of allylic oxidation sites excluding steroid dienone is 1. The third-order valence-corrected chi connectivity index (χ3v) is 11.0. The van der Waals surface area contributed by atoms with Crippen LogP contribution < -0.4 is 0 Å². The number of hydrogen-bond donors (Lipinski definition) is 0. The SMILES string of the molecule is C#CC[C@]12CC[C@H](OC3CCCCO3)CC1=CCC1C2CC[C@@]2(C)C1CC[C@@H]2OC1CCCCO1. The summed E-state index contributed by atoms with van der Waals surface area (Å²) >= 11 is 0. The standard InChI is InChI=1S/C31H46O4/c1-3-16-31-18-14-23(34-28-8-4-6-19-32-28)21-22(31)10-11-24-25-12-13-27(30(25,2)17-15-26(24)31)35-29-9-5-7-20-33-29/h1,10,23-29H,4-9,11-21H2,2H3/t23-,24?,25?,26?,27-,28?,29?,30-,31-/m0/s1. The van der Waals surface area contributed by atoms with Crippen molar-refractivity contribution < 1.29 is 18.9 Å². The molecule has 0 aromatic carbocycles. The highest BCUT2D eigenvalue weighted by Gasteiger charge is 2.60. The topological polar surface area (TPSA) is 36.9 Å². The Morgan fingerprint density at radius 3 is 2.40 bits per heavy atom. The first kappa shape index (κ1) is 24.5. The fourth-order valence-corrected chi connectivity index (χ4v) is 9.26. The van der Waals surface area contributed by atoms with Crippen molar-refractivity contribution >= 4 is 0 Å². The molecule has 6 aliphatic rings. The molecule has 35 heavy (non-hydrogen) atoms. The Balaban J connectivity index is 1.18. The fraction of sp³-hybridized carbons (Fsp3) is 0.871. The van der Waals surface area contributed by atoms with Gasteiger partial charge in [0.25, 0.3) is 0 Å². The van der Waals surface area contributed by atoms with Crippen molar-refractivity contribution in [2.24, 2.45) is 28.6 Å². The van der Waals surface area contributed by atoms with E-state index >= 15 is 0 Å². The van der Waals surface area contributed by atoms with Crippen molar-refractivity contribution in [2.75, 3.05) is 13.2 Å². The normalized spacial score (nSPS) is 47.7. The molecule has 5 unspecified atom stereocenters. The molecule has 0 N–H and O–H groups in total. The maximum absolute atomic E-state index is 6.67. The van der Waals surface area contributed by atoms with Crippen LogP contribution in [0.4, 0.5) is 0 Å². The maximum atomic E-state index is 6.67. The molecular weight excluding hydrogens is 436 g/mol. The van der Waals surface area contributed by atoms with Gasteiger partial charge in [-0.2, -0.15) is 0 Å². The third kappa shape index (κ3) is 4.43. The van der Waals surface area contributed by atoms with Crippen LogP contribution in [0.5, 0.6) is 0 Å². The molecule has 0 aromatic heterocycles. The van der Waals surface area contributed by atoms with E-state index in [1.54, 1.807) is 5.57 Å². The summed E-state index contributed by atoms with van der Waals surface area (Å²) in [6, 6.07) is 0. The summed E-state index contributed by atoms with van der Waals surface area (Å²) < 4.78 is 25.0. The minimum Gasteiger partial charge on any atom is -0.353 e. The molecule has 0 aromatic rings. The van der Waals surface area contributed by atoms with Crippen molar-refractivity contribution in [3.63, 3.8) is 0 Å². The highest BCUT2D eigenvalue weighted by atomic mass is 16.7. The van der Waals surface area contributed by atoms with Crippen LogP contribution in [0.25, 0.3) is 0 Å². The fourth-order valence-electron chi connectivity index (χ4n) is 9.26. The van der Waals surface area contributed by atoms with Gasteiger partial charge in [0, 0.05) is 25.0 Å². The molecule has 4 aliphatic carbocycles. The molecule has 4 nitrogen and oxygen atoms in total. The number of terminal acetylenes is 1. The molecular formula is C31H46O4. The van der Waals surface area contributed by atoms with Gasteiger partial charge in [-0.25, -0.2) is 0 Å². The van der Waals surface area contributed by atoms with Gasteiger partial charge in [0.2, 0.25) is 0 Å². The summed E-state index contributed by atoms with van der Waals surface area (Å²) in [5.74, 6) is 5.34. The molecule has 3 saturated carbocycles. The summed E-state index contributed by atoms with van der Waals surface area (Å²) in [6.07, 6.45) is 26.8. The molecule has 0 spiro atoms. The van der Waals surface area contributed by atoms with Crippen LogP contribution in [-0.2, 0) is 18.9 Å². The van der Waals surface area contributed by atoms with E-state index in [9.17, 15) is 0 Å². The average molecular weight is 483 g/mol. The second-order valence-electron chi connectivity index (χ2n) is 12.7. The zero-order chi connectivity index (χ0) is 23.9. The van der Waals surface area contributed by atoms with E-state index in [1.165, 1.54) is 64.2 Å². The van der Waals surface area contributed by atoms with Crippen molar-refractivity contribution in [1.29, 1.82) is 0 Å². The molecule has 194 valence electrons. The highest BCUT2D eigenvalue weighted by molar-refractivity contribution is 5.28. The van der Waals surface area contributed by atoms with Gasteiger partial charge in [-0.3, -0.25) is 0 Å². The van der Waals surface area contributed by atoms with Crippen LogP contribution >= 0.6 is 0 Å². The Labute approximate surface area is 212 Å². The Kier molecular flexibility index (Phi) is 7.08. The zero-order valence-electron chi connectivity index (χ0n) is 21.8. The second-order valence-corrected chi connectivity index (χ2v) is 12.7. The summed E-state index contributed by atoms with van der Waals surface area (Å²) in [5, 5.41) is 0. The minimum absolute atomic E-state index is 0.00442. The largest absolute Gasteiger partial charge is 0.353 e. The first-order valence-electron chi connectivity index (χ1n) is 14.8. The molecule has 0 amide bonds. The predicted molar refractivity (Wildman–Crippen MR) is 136 cm³/mol. The van der Waals surface area contributed by atoms with Gasteiger partial charge in [0.1, 0.15) is 0 Å². The van der Waals surface area contributed by atoms with Gasteiger partial charge in [-0.1, -0.05) is 18.6 Å². The summed E-state index contributed by atoms with van der Waals surface area (Å²) in [7, 11) is 0. The monoisotopic (exact) mass is 482 g/mol. The summed E-state index contributed by atoms with van der Waals surface area (Å²) in [4.78, 5) is 0. The van der Waals surface area contributed by atoms with Gasteiger partial charge in [0.05, 0.1) is 12.2 Å². The summed E-state index contributed by atoms with van der Waals surface area (Å²) in [6.45, 7) is 4.25. The molecule has 9 atom stereocenters. The molecule has 6 rings (SSSR count). The van der Waals surface area contributed by atoms with Gasteiger partial charge < -0.3 is 18.9 Å².